The van der Waals surface area contributed by atoms with Crippen LogP contribution >= 0.6 is 0 Å². The zero-order valence-electron chi connectivity index (χ0n) is 17.5. The largest absolute Gasteiger partial charge is 0.384 e. The summed E-state index contributed by atoms with van der Waals surface area (Å²) >= 11 is 0. The van der Waals surface area contributed by atoms with Crippen LogP contribution in [-0.4, -0.2) is 53.9 Å². The molecular weight excluding hydrogens is 396 g/mol. The number of benzene rings is 1. The molecule has 2 aromatic rings. The van der Waals surface area contributed by atoms with E-state index in [0.717, 1.165) is 17.7 Å². The first-order chi connectivity index (χ1) is 15.1. The Balaban J connectivity index is 1.35. The lowest BCUT2D eigenvalue weighted by Gasteiger charge is -2.38. The second-order valence-electron chi connectivity index (χ2n) is 7.89. The van der Waals surface area contributed by atoms with Crippen molar-refractivity contribution in [2.75, 3.05) is 19.8 Å². The Bertz CT molecular complexity index is 979. The summed E-state index contributed by atoms with van der Waals surface area (Å²) in [6.45, 7) is 3.09. The number of aryl methyl sites for hydroxylation is 1. The van der Waals surface area contributed by atoms with Gasteiger partial charge in [0.25, 0.3) is 11.8 Å². The Kier molecular flexibility index (Phi) is 6.27. The van der Waals surface area contributed by atoms with Crippen LogP contribution < -0.4 is 10.6 Å². The molecule has 8 nitrogen and oxygen atoms in total. The monoisotopic (exact) mass is 422 g/mol. The average molecular weight is 422 g/mol. The lowest BCUT2D eigenvalue weighted by Crippen LogP contribution is -2.59. The highest BCUT2D eigenvalue weighted by Crippen LogP contribution is 2.33. The SMILES string of the molecule is Cc1cccc(C(=O)N[C@H]2CCOC[C@@]23CC(C(=O)NCCc2ccccc2)=NO3)n1. The van der Waals surface area contributed by atoms with Gasteiger partial charge in [0, 0.05) is 25.3 Å². The lowest BCUT2D eigenvalue weighted by atomic mass is 9.85. The molecule has 2 atom stereocenters. The van der Waals surface area contributed by atoms with E-state index in [2.05, 4.69) is 20.8 Å². The average Bonchev–Trinajstić information content (AvgIpc) is 3.21. The zero-order chi connectivity index (χ0) is 21.7. The molecule has 31 heavy (non-hydrogen) atoms. The smallest absolute Gasteiger partial charge is 0.270 e. The number of hydrogen-bond donors (Lipinski definition) is 2. The third-order valence-corrected chi connectivity index (χ3v) is 5.57. The van der Waals surface area contributed by atoms with Crippen molar-refractivity contribution in [1.82, 2.24) is 15.6 Å². The molecule has 162 valence electrons. The normalized spacial score (nSPS) is 22.5. The lowest BCUT2D eigenvalue weighted by molar-refractivity contribution is -0.128. The van der Waals surface area contributed by atoms with Gasteiger partial charge in [-0.25, -0.2) is 4.98 Å². The van der Waals surface area contributed by atoms with Crippen molar-refractivity contribution in [3.63, 3.8) is 0 Å². The van der Waals surface area contributed by atoms with E-state index in [9.17, 15) is 9.59 Å². The zero-order valence-corrected chi connectivity index (χ0v) is 17.5. The van der Waals surface area contributed by atoms with Gasteiger partial charge in [-0.15, -0.1) is 0 Å². The van der Waals surface area contributed by atoms with Crippen LogP contribution in [0.4, 0.5) is 0 Å². The van der Waals surface area contributed by atoms with Crippen molar-refractivity contribution in [2.24, 2.45) is 5.16 Å². The highest BCUT2D eigenvalue weighted by Gasteiger charge is 2.50. The highest BCUT2D eigenvalue weighted by molar-refractivity contribution is 6.39. The van der Waals surface area contributed by atoms with Crippen molar-refractivity contribution in [3.8, 4) is 0 Å². The van der Waals surface area contributed by atoms with Crippen LogP contribution in [0.2, 0.25) is 0 Å². The number of pyridine rings is 1. The molecule has 2 amide bonds. The molecule has 2 aliphatic heterocycles. The number of carbonyl (C=O) groups excluding carboxylic acids is 2. The maximum Gasteiger partial charge on any atom is 0.270 e. The summed E-state index contributed by atoms with van der Waals surface area (Å²) < 4.78 is 5.61. The van der Waals surface area contributed by atoms with E-state index in [1.807, 2.05) is 43.3 Å². The number of hydrogen-bond acceptors (Lipinski definition) is 6. The minimum Gasteiger partial charge on any atom is -0.384 e. The number of nitrogens with zero attached hydrogens (tertiary/aromatic N) is 2. The van der Waals surface area contributed by atoms with Gasteiger partial charge < -0.3 is 20.2 Å². The third kappa shape index (κ3) is 4.91. The highest BCUT2D eigenvalue weighted by atomic mass is 16.7. The van der Waals surface area contributed by atoms with Gasteiger partial charge in [-0.3, -0.25) is 9.59 Å². The van der Waals surface area contributed by atoms with Crippen LogP contribution in [-0.2, 0) is 20.8 Å². The van der Waals surface area contributed by atoms with Crippen LogP contribution in [0, 0.1) is 6.92 Å². The summed E-state index contributed by atoms with van der Waals surface area (Å²) in [7, 11) is 0. The van der Waals surface area contributed by atoms with Crippen molar-refractivity contribution < 1.29 is 19.2 Å². The Labute approximate surface area is 181 Å². The van der Waals surface area contributed by atoms with Gasteiger partial charge in [0.2, 0.25) is 0 Å². The Morgan fingerprint density at radius 2 is 1.97 bits per heavy atom. The number of nitrogens with one attached hydrogen (secondary N) is 2. The predicted octanol–water partition coefficient (Wildman–Crippen LogP) is 1.78. The van der Waals surface area contributed by atoms with Crippen LogP contribution in [0.1, 0.15) is 34.6 Å². The van der Waals surface area contributed by atoms with E-state index >= 15 is 0 Å². The molecule has 2 aliphatic rings. The first-order valence-corrected chi connectivity index (χ1v) is 10.5. The molecule has 0 saturated carbocycles. The fourth-order valence-electron chi connectivity index (χ4n) is 3.86. The summed E-state index contributed by atoms with van der Waals surface area (Å²) in [4.78, 5) is 35.3. The van der Waals surface area contributed by atoms with Gasteiger partial charge in [0.15, 0.2) is 5.60 Å². The molecule has 0 aliphatic carbocycles. The first kappa shape index (κ1) is 21.0. The maximum atomic E-state index is 12.7. The quantitative estimate of drug-likeness (QED) is 0.739. The van der Waals surface area contributed by atoms with Gasteiger partial charge in [-0.1, -0.05) is 41.6 Å². The van der Waals surface area contributed by atoms with E-state index in [1.54, 1.807) is 12.1 Å². The summed E-state index contributed by atoms with van der Waals surface area (Å²) in [5.74, 6) is -0.539. The van der Waals surface area contributed by atoms with Gasteiger partial charge in [0.1, 0.15) is 11.4 Å². The summed E-state index contributed by atoms with van der Waals surface area (Å²) in [6.07, 6.45) is 1.57. The van der Waals surface area contributed by atoms with Crippen LogP contribution in [0.15, 0.2) is 53.7 Å². The predicted molar refractivity (Wildman–Crippen MR) is 115 cm³/mol. The fraction of sp³-hybridized carbons (Fsp3) is 0.391. The van der Waals surface area contributed by atoms with E-state index < -0.39 is 5.60 Å². The third-order valence-electron chi connectivity index (χ3n) is 5.57. The van der Waals surface area contributed by atoms with Crippen LogP contribution in [0.25, 0.3) is 0 Å². The molecule has 0 radical (unpaired) electrons. The standard InChI is InChI=1S/C23H26N4O4/c1-16-6-5-9-18(25-16)22(29)26-20-11-13-30-15-23(20)14-19(27-31-23)21(28)24-12-10-17-7-3-2-4-8-17/h2-9,20H,10-15H2,1H3,(H,24,28)(H,26,29)/t20-,23-/m0/s1. The molecule has 1 saturated heterocycles. The first-order valence-electron chi connectivity index (χ1n) is 10.5. The van der Waals surface area contributed by atoms with Gasteiger partial charge in [-0.05, 0) is 37.5 Å². The Hall–Kier alpha value is -3.26. The molecular formula is C23H26N4O4. The van der Waals surface area contributed by atoms with E-state index in [4.69, 9.17) is 9.57 Å². The Morgan fingerprint density at radius 3 is 2.77 bits per heavy atom. The second kappa shape index (κ2) is 9.26. The van der Waals surface area contributed by atoms with E-state index in [1.165, 1.54) is 0 Å². The minimum atomic E-state index is -0.885. The number of ether oxygens (including phenoxy) is 1. The van der Waals surface area contributed by atoms with Gasteiger partial charge in [0.05, 0.1) is 12.6 Å². The molecule has 1 aromatic carbocycles. The van der Waals surface area contributed by atoms with E-state index in [-0.39, 0.29) is 30.9 Å². The topological polar surface area (TPSA) is 102 Å². The molecule has 1 spiro atoms. The van der Waals surface area contributed by atoms with Gasteiger partial charge in [-0.2, -0.15) is 0 Å². The summed E-state index contributed by atoms with van der Waals surface area (Å²) in [5.41, 5.74) is 1.69. The number of aromatic nitrogens is 1. The van der Waals surface area contributed by atoms with E-state index in [0.29, 0.717) is 31.0 Å². The molecule has 1 fully saturated rings. The molecule has 1 aromatic heterocycles. The summed E-state index contributed by atoms with van der Waals surface area (Å²) in [6, 6.07) is 14.9. The van der Waals surface area contributed by atoms with Crippen molar-refractivity contribution in [2.45, 2.75) is 37.8 Å². The minimum absolute atomic E-state index is 0.253. The molecule has 0 unspecified atom stereocenters. The number of oxime groups is 1. The summed E-state index contributed by atoms with van der Waals surface area (Å²) in [5, 5.41) is 9.94. The Morgan fingerprint density at radius 1 is 1.13 bits per heavy atom. The van der Waals surface area contributed by atoms with Crippen LogP contribution in [0.3, 0.4) is 0 Å². The molecule has 2 N–H and O–H groups in total. The fourth-order valence-corrected chi connectivity index (χ4v) is 3.86. The maximum absolute atomic E-state index is 12.7. The molecule has 3 heterocycles. The molecule has 8 heteroatoms. The molecule has 0 bridgehead atoms. The molecule has 4 rings (SSSR count). The van der Waals surface area contributed by atoms with Crippen molar-refractivity contribution in [3.05, 3.63) is 65.5 Å². The van der Waals surface area contributed by atoms with Crippen molar-refractivity contribution in [1.29, 1.82) is 0 Å². The number of rotatable bonds is 6. The van der Waals surface area contributed by atoms with Crippen molar-refractivity contribution >= 4 is 17.5 Å². The van der Waals surface area contributed by atoms with Crippen LogP contribution in [0.5, 0.6) is 0 Å². The number of amides is 2. The van der Waals surface area contributed by atoms with Gasteiger partial charge >= 0.3 is 0 Å². The number of carbonyl (C=O) groups is 2. The second-order valence-corrected chi connectivity index (χ2v) is 7.89.